The lowest BCUT2D eigenvalue weighted by atomic mass is 9.82. The van der Waals surface area contributed by atoms with Crippen LogP contribution >= 0.6 is 31.9 Å². The molecule has 1 aliphatic heterocycles. The average Bonchev–Trinajstić information content (AvgIpc) is 2.68. The fourth-order valence-corrected chi connectivity index (χ4v) is 4.60. The van der Waals surface area contributed by atoms with E-state index in [4.69, 9.17) is 4.74 Å². The zero-order valence-corrected chi connectivity index (χ0v) is 17.5. The maximum atomic E-state index is 6.58. The van der Waals surface area contributed by atoms with Crippen molar-refractivity contribution >= 4 is 31.9 Å². The molecule has 132 valence electrons. The fourth-order valence-electron chi connectivity index (χ4n) is 3.76. The number of hydrogen-bond donors (Lipinski definition) is 0. The van der Waals surface area contributed by atoms with Gasteiger partial charge in [-0.3, -0.25) is 0 Å². The number of ether oxygens (including phenoxy) is 1. The van der Waals surface area contributed by atoms with Gasteiger partial charge in [0.2, 0.25) is 0 Å². The normalized spacial score (nSPS) is 22.9. The third-order valence-electron chi connectivity index (χ3n) is 5.04. The fraction of sp³-hybridized carbons (Fsp3) is 0.217. The lowest BCUT2D eigenvalue weighted by molar-refractivity contribution is -0.0620. The Morgan fingerprint density at radius 1 is 0.615 bits per heavy atom. The number of halogens is 2. The van der Waals surface area contributed by atoms with Crippen molar-refractivity contribution in [1.82, 2.24) is 0 Å². The first-order chi connectivity index (χ1) is 12.7. The first-order valence-electron chi connectivity index (χ1n) is 8.90. The van der Waals surface area contributed by atoms with E-state index in [2.05, 4.69) is 111 Å². The molecule has 3 aromatic rings. The van der Waals surface area contributed by atoms with Gasteiger partial charge < -0.3 is 4.74 Å². The molecule has 1 nitrogen and oxygen atoms in total. The third-order valence-corrected chi connectivity index (χ3v) is 6.02. The molecule has 1 aliphatic rings. The lowest BCUT2D eigenvalue weighted by Crippen LogP contribution is -2.22. The average molecular weight is 472 g/mol. The molecule has 0 bridgehead atoms. The van der Waals surface area contributed by atoms with Crippen LogP contribution in [0.15, 0.2) is 87.8 Å². The molecule has 1 fully saturated rings. The van der Waals surface area contributed by atoms with Gasteiger partial charge >= 0.3 is 0 Å². The Balaban J connectivity index is 1.68. The molecule has 26 heavy (non-hydrogen) atoms. The second-order valence-electron chi connectivity index (χ2n) is 6.80. The number of rotatable bonds is 3. The molecule has 3 atom stereocenters. The van der Waals surface area contributed by atoms with Gasteiger partial charge in [-0.1, -0.05) is 86.5 Å². The Hall–Kier alpha value is -1.42. The minimum absolute atomic E-state index is 0.0930. The molecule has 1 heterocycles. The summed E-state index contributed by atoms with van der Waals surface area (Å²) < 4.78 is 8.77. The highest BCUT2D eigenvalue weighted by molar-refractivity contribution is 9.10. The molecule has 0 aromatic heterocycles. The van der Waals surface area contributed by atoms with Crippen LogP contribution in [-0.2, 0) is 4.74 Å². The van der Waals surface area contributed by atoms with Gasteiger partial charge in [-0.15, -0.1) is 0 Å². The minimum atomic E-state index is 0.0930. The second-order valence-corrected chi connectivity index (χ2v) is 8.63. The SMILES string of the molecule is Brc1cccc([C@@H]2CC(c3ccccc3)C[C@H](c3cccc(Br)c3)O2)c1. The highest BCUT2D eigenvalue weighted by Gasteiger charge is 2.32. The number of benzene rings is 3. The molecule has 0 spiro atoms. The van der Waals surface area contributed by atoms with Crippen molar-refractivity contribution in [2.75, 3.05) is 0 Å². The molecule has 3 aromatic carbocycles. The Morgan fingerprint density at radius 3 is 1.62 bits per heavy atom. The lowest BCUT2D eigenvalue weighted by Gasteiger charge is -2.36. The van der Waals surface area contributed by atoms with Gasteiger partial charge in [0.15, 0.2) is 0 Å². The van der Waals surface area contributed by atoms with Crippen molar-refractivity contribution in [2.24, 2.45) is 0 Å². The molecule has 0 amide bonds. The van der Waals surface area contributed by atoms with Crippen molar-refractivity contribution < 1.29 is 4.74 Å². The van der Waals surface area contributed by atoms with Gasteiger partial charge in [-0.2, -0.15) is 0 Å². The molecule has 3 heteroatoms. The Morgan fingerprint density at radius 2 is 1.12 bits per heavy atom. The Labute approximate surface area is 171 Å². The zero-order chi connectivity index (χ0) is 17.9. The smallest absolute Gasteiger partial charge is 0.0839 e. The molecule has 1 saturated heterocycles. The van der Waals surface area contributed by atoms with Crippen LogP contribution in [0.25, 0.3) is 0 Å². The van der Waals surface area contributed by atoms with Crippen LogP contribution in [0.3, 0.4) is 0 Å². The molecule has 0 aliphatic carbocycles. The quantitative estimate of drug-likeness (QED) is 0.382. The summed E-state index contributed by atoms with van der Waals surface area (Å²) in [6, 6.07) is 27.8. The monoisotopic (exact) mass is 470 g/mol. The Bertz CT molecular complexity index is 825. The summed E-state index contributed by atoms with van der Waals surface area (Å²) in [6.45, 7) is 0. The number of hydrogen-bond acceptors (Lipinski definition) is 1. The van der Waals surface area contributed by atoms with Crippen molar-refractivity contribution in [2.45, 2.75) is 31.0 Å². The first kappa shape index (κ1) is 18.0. The summed E-state index contributed by atoms with van der Waals surface area (Å²) in [7, 11) is 0. The van der Waals surface area contributed by atoms with Gasteiger partial charge in [0, 0.05) is 8.95 Å². The van der Waals surface area contributed by atoms with Crippen LogP contribution in [0.5, 0.6) is 0 Å². The summed E-state index contributed by atoms with van der Waals surface area (Å²) >= 11 is 7.19. The second kappa shape index (κ2) is 8.08. The molecular formula is C23H20Br2O. The van der Waals surface area contributed by atoms with Crippen LogP contribution in [0.2, 0.25) is 0 Å². The van der Waals surface area contributed by atoms with Crippen LogP contribution in [0, 0.1) is 0 Å². The molecule has 0 saturated carbocycles. The van der Waals surface area contributed by atoms with E-state index in [9.17, 15) is 0 Å². The van der Waals surface area contributed by atoms with Crippen LogP contribution in [0.4, 0.5) is 0 Å². The van der Waals surface area contributed by atoms with Crippen LogP contribution < -0.4 is 0 Å². The minimum Gasteiger partial charge on any atom is -0.366 e. The largest absolute Gasteiger partial charge is 0.366 e. The Kier molecular flexibility index (Phi) is 5.58. The van der Waals surface area contributed by atoms with E-state index < -0.39 is 0 Å². The maximum Gasteiger partial charge on any atom is 0.0839 e. The topological polar surface area (TPSA) is 9.23 Å². The summed E-state index contributed by atoms with van der Waals surface area (Å²) in [6.07, 6.45) is 2.20. The molecule has 4 rings (SSSR count). The van der Waals surface area contributed by atoms with Crippen LogP contribution in [-0.4, -0.2) is 0 Å². The van der Waals surface area contributed by atoms with E-state index >= 15 is 0 Å². The van der Waals surface area contributed by atoms with Gasteiger partial charge in [0.25, 0.3) is 0 Å². The predicted molar refractivity (Wildman–Crippen MR) is 113 cm³/mol. The van der Waals surface area contributed by atoms with E-state index in [1.54, 1.807) is 0 Å². The standard InChI is InChI=1S/C23H20Br2O/c24-20-10-4-8-17(12-20)22-14-19(16-6-2-1-3-7-16)15-23(26-22)18-9-5-11-21(25)13-18/h1-13,19,22-23H,14-15H2/t19?,22-,23+. The summed E-state index contributed by atoms with van der Waals surface area (Å²) in [5.41, 5.74) is 3.87. The maximum absolute atomic E-state index is 6.58. The highest BCUT2D eigenvalue weighted by atomic mass is 79.9. The first-order valence-corrected chi connectivity index (χ1v) is 10.5. The van der Waals surface area contributed by atoms with E-state index in [-0.39, 0.29) is 12.2 Å². The van der Waals surface area contributed by atoms with Gasteiger partial charge in [-0.05, 0) is 59.7 Å². The van der Waals surface area contributed by atoms with Gasteiger partial charge in [0.05, 0.1) is 12.2 Å². The summed E-state index contributed by atoms with van der Waals surface area (Å²) in [4.78, 5) is 0. The zero-order valence-electron chi connectivity index (χ0n) is 14.3. The molecule has 0 radical (unpaired) electrons. The molecule has 1 unspecified atom stereocenters. The highest BCUT2D eigenvalue weighted by Crippen LogP contribution is 2.46. The summed E-state index contributed by atoms with van der Waals surface area (Å²) in [5, 5.41) is 0. The molecular weight excluding hydrogens is 452 g/mol. The van der Waals surface area contributed by atoms with Gasteiger partial charge in [0.1, 0.15) is 0 Å². The third kappa shape index (κ3) is 4.11. The van der Waals surface area contributed by atoms with Crippen molar-refractivity contribution in [3.8, 4) is 0 Å². The van der Waals surface area contributed by atoms with Crippen molar-refractivity contribution in [3.63, 3.8) is 0 Å². The van der Waals surface area contributed by atoms with Crippen molar-refractivity contribution in [1.29, 1.82) is 0 Å². The van der Waals surface area contributed by atoms with E-state index in [0.29, 0.717) is 5.92 Å². The molecule has 0 N–H and O–H groups in total. The van der Waals surface area contributed by atoms with E-state index in [1.807, 2.05) is 0 Å². The van der Waals surface area contributed by atoms with E-state index in [1.165, 1.54) is 16.7 Å². The van der Waals surface area contributed by atoms with Crippen LogP contribution in [0.1, 0.15) is 47.7 Å². The van der Waals surface area contributed by atoms with Gasteiger partial charge in [-0.25, -0.2) is 0 Å². The van der Waals surface area contributed by atoms with Crippen molar-refractivity contribution in [3.05, 3.63) is 104 Å². The van der Waals surface area contributed by atoms with E-state index in [0.717, 1.165) is 21.8 Å². The summed E-state index contributed by atoms with van der Waals surface area (Å²) in [5.74, 6) is 0.484. The predicted octanol–water partition coefficient (Wildman–Crippen LogP) is 7.59.